The van der Waals surface area contributed by atoms with Gasteiger partial charge in [0.2, 0.25) is 0 Å². The van der Waals surface area contributed by atoms with Gasteiger partial charge in [0.25, 0.3) is 5.91 Å². The average molecular weight is 326 g/mol. The van der Waals surface area contributed by atoms with E-state index in [4.69, 9.17) is 10.6 Å². The molecule has 0 bridgehead atoms. The first-order valence-corrected chi connectivity index (χ1v) is 6.28. The van der Waals surface area contributed by atoms with Gasteiger partial charge in [-0.15, -0.1) is 5.10 Å². The van der Waals surface area contributed by atoms with Crippen LogP contribution in [0.5, 0.6) is 5.75 Å². The zero-order valence-corrected chi connectivity index (χ0v) is 11.5. The molecule has 2 aromatic rings. The maximum Gasteiger partial charge on any atom is 0.287 e. The molecule has 0 aliphatic heterocycles. The Morgan fingerprint density at radius 3 is 3.00 bits per heavy atom. The lowest BCUT2D eigenvalue weighted by molar-refractivity contribution is 0.0948. The number of ether oxygens (including phenoxy) is 1. The van der Waals surface area contributed by atoms with Crippen molar-refractivity contribution in [3.05, 3.63) is 40.6 Å². The van der Waals surface area contributed by atoms with Gasteiger partial charge in [-0.1, -0.05) is 17.3 Å². The number of hydrazine groups is 1. The predicted octanol–water partition coefficient (Wildman–Crippen LogP) is 0.723. The molecule has 0 aliphatic carbocycles. The molecular formula is C11H12BrN5O2. The van der Waals surface area contributed by atoms with Crippen LogP contribution in [0.25, 0.3) is 0 Å². The lowest BCUT2D eigenvalue weighted by atomic mass is 10.3. The van der Waals surface area contributed by atoms with E-state index in [9.17, 15) is 4.79 Å². The van der Waals surface area contributed by atoms with E-state index in [0.717, 1.165) is 10.2 Å². The molecule has 8 heteroatoms. The molecule has 1 heterocycles. The van der Waals surface area contributed by atoms with Crippen molar-refractivity contribution in [2.24, 2.45) is 5.84 Å². The largest absolute Gasteiger partial charge is 0.490 e. The van der Waals surface area contributed by atoms with Gasteiger partial charge in [0.15, 0.2) is 5.69 Å². The Morgan fingerprint density at radius 1 is 1.47 bits per heavy atom. The first kappa shape index (κ1) is 13.5. The molecule has 1 aromatic heterocycles. The SMILES string of the molecule is NNC(=O)c1cn(CCOc2ccccc2Br)nn1. The third kappa shape index (κ3) is 3.52. The van der Waals surface area contributed by atoms with Gasteiger partial charge in [-0.3, -0.25) is 10.2 Å². The minimum Gasteiger partial charge on any atom is -0.490 e. The average Bonchev–Trinajstić information content (AvgIpc) is 2.89. The second-order valence-corrected chi connectivity index (χ2v) is 4.47. The number of carbonyl (C=O) groups excluding carboxylic acids is 1. The number of benzene rings is 1. The Balaban J connectivity index is 1.88. The fourth-order valence-electron chi connectivity index (χ4n) is 1.40. The maximum absolute atomic E-state index is 11.2. The molecule has 0 fully saturated rings. The van der Waals surface area contributed by atoms with Crippen LogP contribution in [0.2, 0.25) is 0 Å². The third-order valence-electron chi connectivity index (χ3n) is 2.32. The Morgan fingerprint density at radius 2 is 2.26 bits per heavy atom. The summed E-state index contributed by atoms with van der Waals surface area (Å²) in [6.45, 7) is 0.891. The first-order chi connectivity index (χ1) is 9.20. The number of amides is 1. The molecule has 2 rings (SSSR count). The van der Waals surface area contributed by atoms with Gasteiger partial charge < -0.3 is 4.74 Å². The monoisotopic (exact) mass is 325 g/mol. The van der Waals surface area contributed by atoms with Crippen molar-refractivity contribution in [3.63, 3.8) is 0 Å². The van der Waals surface area contributed by atoms with Crippen molar-refractivity contribution in [1.82, 2.24) is 20.4 Å². The minimum absolute atomic E-state index is 0.170. The van der Waals surface area contributed by atoms with Gasteiger partial charge in [-0.25, -0.2) is 10.5 Å². The van der Waals surface area contributed by atoms with E-state index in [-0.39, 0.29) is 5.69 Å². The number of carbonyl (C=O) groups is 1. The van der Waals surface area contributed by atoms with E-state index in [1.165, 1.54) is 10.9 Å². The highest BCUT2D eigenvalue weighted by atomic mass is 79.9. The van der Waals surface area contributed by atoms with Crippen LogP contribution in [0.3, 0.4) is 0 Å². The normalized spacial score (nSPS) is 10.2. The molecule has 1 amide bonds. The van der Waals surface area contributed by atoms with Crippen LogP contribution in [-0.4, -0.2) is 27.5 Å². The fraction of sp³-hybridized carbons (Fsp3) is 0.182. The van der Waals surface area contributed by atoms with Crippen molar-refractivity contribution in [3.8, 4) is 5.75 Å². The molecule has 0 aliphatic rings. The van der Waals surface area contributed by atoms with E-state index < -0.39 is 5.91 Å². The van der Waals surface area contributed by atoms with Crippen molar-refractivity contribution in [1.29, 1.82) is 0 Å². The van der Waals surface area contributed by atoms with Crippen LogP contribution in [-0.2, 0) is 6.54 Å². The van der Waals surface area contributed by atoms with Crippen LogP contribution in [0.4, 0.5) is 0 Å². The Bertz CT molecular complexity index is 572. The number of nitrogens with one attached hydrogen (secondary N) is 1. The Hall–Kier alpha value is -1.93. The summed E-state index contributed by atoms with van der Waals surface area (Å²) >= 11 is 3.39. The lowest BCUT2D eigenvalue weighted by Gasteiger charge is -2.07. The summed E-state index contributed by atoms with van der Waals surface area (Å²) in [5.41, 5.74) is 2.16. The van der Waals surface area contributed by atoms with Crippen LogP contribution in [0.15, 0.2) is 34.9 Å². The number of aromatic nitrogens is 3. The van der Waals surface area contributed by atoms with Gasteiger partial charge in [-0.05, 0) is 28.1 Å². The quantitative estimate of drug-likeness (QED) is 0.480. The summed E-state index contributed by atoms with van der Waals surface area (Å²) in [6, 6.07) is 7.55. The Kier molecular flexibility index (Phi) is 4.48. The molecule has 0 unspecified atom stereocenters. The number of hydrogen-bond donors (Lipinski definition) is 2. The molecule has 0 atom stereocenters. The topological polar surface area (TPSA) is 95.1 Å². The van der Waals surface area contributed by atoms with Crippen molar-refractivity contribution < 1.29 is 9.53 Å². The molecule has 19 heavy (non-hydrogen) atoms. The van der Waals surface area contributed by atoms with Gasteiger partial charge in [0, 0.05) is 0 Å². The zero-order valence-electron chi connectivity index (χ0n) is 9.91. The first-order valence-electron chi connectivity index (χ1n) is 5.49. The third-order valence-corrected chi connectivity index (χ3v) is 2.97. The number of rotatable bonds is 5. The maximum atomic E-state index is 11.2. The van der Waals surface area contributed by atoms with Crippen molar-refractivity contribution in [2.45, 2.75) is 6.54 Å². The Labute approximate surface area is 117 Å². The minimum atomic E-state index is -0.474. The highest BCUT2D eigenvalue weighted by Crippen LogP contribution is 2.23. The molecule has 0 spiro atoms. The van der Waals surface area contributed by atoms with E-state index in [2.05, 4.69) is 26.2 Å². The summed E-state index contributed by atoms with van der Waals surface area (Å²) in [5, 5.41) is 7.48. The smallest absolute Gasteiger partial charge is 0.287 e. The van der Waals surface area contributed by atoms with Crippen LogP contribution in [0, 0.1) is 0 Å². The molecule has 0 radical (unpaired) electrons. The van der Waals surface area contributed by atoms with E-state index in [1.54, 1.807) is 0 Å². The standard InChI is InChI=1S/C11H12BrN5O2/c12-8-3-1-2-4-10(8)19-6-5-17-7-9(15-16-17)11(18)14-13/h1-4,7H,5-6,13H2,(H,14,18). The van der Waals surface area contributed by atoms with Crippen LogP contribution >= 0.6 is 15.9 Å². The number of nitrogens with two attached hydrogens (primary N) is 1. The molecule has 100 valence electrons. The lowest BCUT2D eigenvalue weighted by Crippen LogP contribution is -2.30. The van der Waals surface area contributed by atoms with Gasteiger partial charge >= 0.3 is 0 Å². The van der Waals surface area contributed by atoms with Gasteiger partial charge in [0.05, 0.1) is 17.2 Å². The van der Waals surface area contributed by atoms with Gasteiger partial charge in [-0.2, -0.15) is 0 Å². The number of nitrogens with zero attached hydrogens (tertiary/aromatic N) is 3. The number of hydrogen-bond acceptors (Lipinski definition) is 5. The second kappa shape index (κ2) is 6.30. The predicted molar refractivity (Wildman–Crippen MR) is 71.3 cm³/mol. The van der Waals surface area contributed by atoms with E-state index >= 15 is 0 Å². The zero-order chi connectivity index (χ0) is 13.7. The molecule has 0 saturated carbocycles. The van der Waals surface area contributed by atoms with Gasteiger partial charge in [0.1, 0.15) is 12.4 Å². The van der Waals surface area contributed by atoms with Crippen molar-refractivity contribution >= 4 is 21.8 Å². The summed E-state index contributed by atoms with van der Waals surface area (Å²) in [5.74, 6) is 5.28. The molecule has 7 nitrogen and oxygen atoms in total. The van der Waals surface area contributed by atoms with Crippen LogP contribution < -0.4 is 16.0 Å². The summed E-state index contributed by atoms with van der Waals surface area (Å²) in [6.07, 6.45) is 1.51. The number of para-hydroxylation sites is 1. The van der Waals surface area contributed by atoms with E-state index in [0.29, 0.717) is 13.2 Å². The summed E-state index contributed by atoms with van der Waals surface area (Å²) in [4.78, 5) is 11.2. The highest BCUT2D eigenvalue weighted by molar-refractivity contribution is 9.10. The molecule has 0 saturated heterocycles. The second-order valence-electron chi connectivity index (χ2n) is 3.62. The molecule has 3 N–H and O–H groups in total. The van der Waals surface area contributed by atoms with Crippen LogP contribution in [0.1, 0.15) is 10.5 Å². The summed E-state index contributed by atoms with van der Waals surface area (Å²) in [7, 11) is 0. The van der Waals surface area contributed by atoms with E-state index in [1.807, 2.05) is 29.7 Å². The summed E-state index contributed by atoms with van der Waals surface area (Å²) < 4.78 is 7.98. The number of nitrogen functional groups attached to an aromatic ring is 1. The fourth-order valence-corrected chi connectivity index (χ4v) is 1.80. The van der Waals surface area contributed by atoms with Crippen molar-refractivity contribution in [2.75, 3.05) is 6.61 Å². The molecular weight excluding hydrogens is 314 g/mol. The number of halogens is 1. The molecule has 1 aromatic carbocycles. The highest BCUT2D eigenvalue weighted by Gasteiger charge is 2.08.